The van der Waals surface area contributed by atoms with Crippen molar-refractivity contribution < 1.29 is 9.53 Å². The van der Waals surface area contributed by atoms with E-state index < -0.39 is 0 Å². The van der Waals surface area contributed by atoms with E-state index in [1.54, 1.807) is 19.1 Å². The third-order valence-corrected chi connectivity index (χ3v) is 3.51. The van der Waals surface area contributed by atoms with Gasteiger partial charge < -0.3 is 9.64 Å². The number of para-hydroxylation sites is 1. The van der Waals surface area contributed by atoms with Crippen molar-refractivity contribution in [3.05, 3.63) is 60.2 Å². The van der Waals surface area contributed by atoms with Gasteiger partial charge in [-0.3, -0.25) is 9.69 Å². The van der Waals surface area contributed by atoms with Gasteiger partial charge in [0.15, 0.2) is 0 Å². The Morgan fingerprint density at radius 1 is 1.05 bits per heavy atom. The second-order valence-corrected chi connectivity index (χ2v) is 5.31. The Hall–Kier alpha value is -2.33. The molecule has 0 aliphatic heterocycles. The molecule has 0 aliphatic rings. The summed E-state index contributed by atoms with van der Waals surface area (Å²) in [5, 5.41) is 0. The number of hydrogen-bond donors (Lipinski definition) is 0. The Bertz CT molecular complexity index is 613. The van der Waals surface area contributed by atoms with Gasteiger partial charge >= 0.3 is 0 Å². The maximum absolute atomic E-state index is 12.3. The third kappa shape index (κ3) is 4.33. The molecule has 2 rings (SSSR count). The molecule has 1 amide bonds. The molecule has 0 N–H and O–H groups in total. The van der Waals surface area contributed by atoms with Crippen LogP contribution in [0.1, 0.15) is 5.56 Å². The van der Waals surface area contributed by atoms with Crippen LogP contribution in [0.2, 0.25) is 0 Å². The largest absolute Gasteiger partial charge is 0.497 e. The predicted octanol–water partition coefficient (Wildman–Crippen LogP) is 2.79. The van der Waals surface area contributed by atoms with Gasteiger partial charge in [-0.1, -0.05) is 30.3 Å². The number of benzene rings is 2. The summed E-state index contributed by atoms with van der Waals surface area (Å²) in [7, 11) is 5.40. The minimum Gasteiger partial charge on any atom is -0.497 e. The molecule has 0 saturated heterocycles. The molecule has 2 aromatic carbocycles. The number of ether oxygens (including phenoxy) is 1. The minimum absolute atomic E-state index is 0.0663. The number of rotatable bonds is 6. The van der Waals surface area contributed by atoms with Crippen LogP contribution in [0.3, 0.4) is 0 Å². The van der Waals surface area contributed by atoms with Crippen LogP contribution in [0.5, 0.6) is 5.75 Å². The molecule has 22 heavy (non-hydrogen) atoms. The summed E-state index contributed by atoms with van der Waals surface area (Å²) in [5.74, 6) is 0.898. The first kappa shape index (κ1) is 16.0. The molecule has 0 atom stereocenters. The lowest BCUT2D eigenvalue weighted by atomic mass is 10.2. The van der Waals surface area contributed by atoms with E-state index in [1.807, 2.05) is 66.5 Å². The highest BCUT2D eigenvalue weighted by molar-refractivity contribution is 5.94. The zero-order valence-electron chi connectivity index (χ0n) is 13.3. The van der Waals surface area contributed by atoms with Gasteiger partial charge in [0.1, 0.15) is 5.75 Å². The predicted molar refractivity (Wildman–Crippen MR) is 89.2 cm³/mol. The van der Waals surface area contributed by atoms with E-state index in [0.29, 0.717) is 13.1 Å². The number of likely N-dealkylation sites (N-methyl/N-ethyl adjacent to an activating group) is 2. The Morgan fingerprint density at radius 3 is 2.45 bits per heavy atom. The molecule has 0 aromatic heterocycles. The molecule has 0 unspecified atom stereocenters. The number of anilines is 1. The van der Waals surface area contributed by atoms with Crippen molar-refractivity contribution in [2.75, 3.05) is 32.6 Å². The summed E-state index contributed by atoms with van der Waals surface area (Å²) < 4.78 is 5.22. The number of carbonyl (C=O) groups excluding carboxylic acids is 1. The molecule has 116 valence electrons. The summed E-state index contributed by atoms with van der Waals surface area (Å²) in [5.41, 5.74) is 2.03. The third-order valence-electron chi connectivity index (χ3n) is 3.51. The van der Waals surface area contributed by atoms with Gasteiger partial charge in [0.25, 0.3) is 0 Å². The van der Waals surface area contributed by atoms with Crippen molar-refractivity contribution in [1.82, 2.24) is 4.90 Å². The van der Waals surface area contributed by atoms with Gasteiger partial charge in [-0.2, -0.15) is 0 Å². The molecule has 0 aliphatic carbocycles. The zero-order chi connectivity index (χ0) is 15.9. The lowest BCUT2D eigenvalue weighted by Crippen LogP contribution is -2.36. The van der Waals surface area contributed by atoms with Gasteiger partial charge in [-0.25, -0.2) is 0 Å². The number of amides is 1. The van der Waals surface area contributed by atoms with Gasteiger partial charge in [0.05, 0.1) is 13.7 Å². The highest BCUT2D eigenvalue weighted by atomic mass is 16.5. The van der Waals surface area contributed by atoms with E-state index in [2.05, 4.69) is 0 Å². The second-order valence-electron chi connectivity index (χ2n) is 5.31. The van der Waals surface area contributed by atoms with Crippen LogP contribution < -0.4 is 9.64 Å². The maximum Gasteiger partial charge on any atom is 0.240 e. The Labute approximate surface area is 131 Å². The molecule has 0 heterocycles. The summed E-state index contributed by atoms with van der Waals surface area (Å²) in [6.45, 7) is 1.06. The Balaban J connectivity index is 1.93. The fourth-order valence-electron chi connectivity index (χ4n) is 2.27. The van der Waals surface area contributed by atoms with Crippen LogP contribution in [0, 0.1) is 0 Å². The summed E-state index contributed by atoms with van der Waals surface area (Å²) >= 11 is 0. The molecular weight excluding hydrogens is 276 g/mol. The maximum atomic E-state index is 12.3. The molecule has 0 spiro atoms. The quantitative estimate of drug-likeness (QED) is 0.822. The fourth-order valence-corrected chi connectivity index (χ4v) is 2.27. The van der Waals surface area contributed by atoms with Gasteiger partial charge in [-0.05, 0) is 36.9 Å². The van der Waals surface area contributed by atoms with E-state index >= 15 is 0 Å². The fraction of sp³-hybridized carbons (Fsp3) is 0.278. The number of methoxy groups -OCH3 is 1. The van der Waals surface area contributed by atoms with E-state index in [0.717, 1.165) is 17.0 Å². The van der Waals surface area contributed by atoms with Crippen molar-refractivity contribution in [2.24, 2.45) is 0 Å². The monoisotopic (exact) mass is 298 g/mol. The van der Waals surface area contributed by atoms with E-state index in [9.17, 15) is 4.79 Å². The van der Waals surface area contributed by atoms with Crippen LogP contribution in [0.25, 0.3) is 0 Å². The molecule has 0 fully saturated rings. The minimum atomic E-state index is 0.0663. The number of nitrogens with zero attached hydrogens (tertiary/aromatic N) is 2. The highest BCUT2D eigenvalue weighted by Gasteiger charge is 2.13. The van der Waals surface area contributed by atoms with Gasteiger partial charge in [0, 0.05) is 19.3 Å². The van der Waals surface area contributed by atoms with E-state index in [4.69, 9.17) is 4.74 Å². The van der Waals surface area contributed by atoms with Crippen molar-refractivity contribution in [2.45, 2.75) is 6.54 Å². The smallest absolute Gasteiger partial charge is 0.240 e. The van der Waals surface area contributed by atoms with Crippen LogP contribution in [-0.2, 0) is 11.3 Å². The van der Waals surface area contributed by atoms with Crippen LogP contribution >= 0.6 is 0 Å². The van der Waals surface area contributed by atoms with Gasteiger partial charge in [-0.15, -0.1) is 0 Å². The topological polar surface area (TPSA) is 32.8 Å². The Kier molecular flexibility index (Phi) is 5.55. The summed E-state index contributed by atoms with van der Waals surface area (Å²) in [4.78, 5) is 16.0. The summed E-state index contributed by atoms with van der Waals surface area (Å²) in [6, 6.07) is 17.6. The number of hydrogen-bond acceptors (Lipinski definition) is 3. The van der Waals surface area contributed by atoms with Crippen molar-refractivity contribution in [3.63, 3.8) is 0 Å². The molecule has 0 saturated carbocycles. The average Bonchev–Trinajstić information content (AvgIpc) is 2.55. The van der Waals surface area contributed by atoms with Crippen molar-refractivity contribution in [3.8, 4) is 5.75 Å². The SMILES string of the molecule is COc1cccc(CN(C)CC(=O)N(C)c2ccccc2)c1. The second kappa shape index (κ2) is 7.61. The first-order valence-electron chi connectivity index (χ1n) is 7.23. The van der Waals surface area contributed by atoms with Crippen LogP contribution in [0.15, 0.2) is 54.6 Å². The molecule has 4 nitrogen and oxygen atoms in total. The van der Waals surface area contributed by atoms with Crippen molar-refractivity contribution in [1.29, 1.82) is 0 Å². The normalized spacial score (nSPS) is 10.5. The lowest BCUT2D eigenvalue weighted by Gasteiger charge is -2.22. The first-order chi connectivity index (χ1) is 10.6. The lowest BCUT2D eigenvalue weighted by molar-refractivity contribution is -0.119. The van der Waals surface area contributed by atoms with Gasteiger partial charge in [0.2, 0.25) is 5.91 Å². The van der Waals surface area contributed by atoms with E-state index in [1.165, 1.54) is 0 Å². The molecule has 4 heteroatoms. The molecular formula is C18H22N2O2. The molecule has 0 bridgehead atoms. The molecule has 2 aromatic rings. The molecule has 0 radical (unpaired) electrons. The average molecular weight is 298 g/mol. The first-order valence-corrected chi connectivity index (χ1v) is 7.23. The summed E-state index contributed by atoms with van der Waals surface area (Å²) in [6.07, 6.45) is 0. The van der Waals surface area contributed by atoms with Crippen molar-refractivity contribution >= 4 is 11.6 Å². The standard InChI is InChI=1S/C18H22N2O2/c1-19(13-15-8-7-11-17(12-15)22-3)14-18(21)20(2)16-9-5-4-6-10-16/h4-12H,13-14H2,1-3H3. The van der Waals surface area contributed by atoms with E-state index in [-0.39, 0.29) is 5.91 Å². The zero-order valence-corrected chi connectivity index (χ0v) is 13.3. The van der Waals surface area contributed by atoms with Crippen LogP contribution in [-0.4, -0.2) is 38.6 Å². The highest BCUT2D eigenvalue weighted by Crippen LogP contribution is 2.15. The Morgan fingerprint density at radius 2 is 1.77 bits per heavy atom. The number of carbonyl (C=O) groups is 1. The van der Waals surface area contributed by atoms with Crippen LogP contribution in [0.4, 0.5) is 5.69 Å².